The zero-order valence-corrected chi connectivity index (χ0v) is 10.8. The van der Waals surface area contributed by atoms with Crippen molar-refractivity contribution in [3.63, 3.8) is 0 Å². The highest BCUT2D eigenvalue weighted by Gasteiger charge is 2.11. The summed E-state index contributed by atoms with van der Waals surface area (Å²) in [4.78, 5) is 0.391. The minimum Gasteiger partial charge on any atom is -0.389 e. The molecular weight excluding hydrogens is 230 g/mol. The molecule has 0 spiro atoms. The number of hydrogen-bond acceptors (Lipinski definition) is 2. The van der Waals surface area contributed by atoms with Crippen molar-refractivity contribution >= 4 is 17.2 Å². The second-order valence-electron chi connectivity index (χ2n) is 3.90. The SMILES string of the molecule is CCc1ccccc1-n1ncc(C(N)=S)c1C. The van der Waals surface area contributed by atoms with E-state index in [1.54, 1.807) is 6.20 Å². The van der Waals surface area contributed by atoms with E-state index in [0.29, 0.717) is 4.99 Å². The van der Waals surface area contributed by atoms with Crippen molar-refractivity contribution in [1.29, 1.82) is 0 Å². The maximum absolute atomic E-state index is 5.65. The predicted molar refractivity (Wildman–Crippen MR) is 73.6 cm³/mol. The number of para-hydroxylation sites is 1. The molecule has 1 aromatic heterocycles. The minimum absolute atomic E-state index is 0.391. The molecule has 0 saturated heterocycles. The van der Waals surface area contributed by atoms with Crippen LogP contribution in [0.5, 0.6) is 0 Å². The number of nitrogens with two attached hydrogens (primary N) is 1. The van der Waals surface area contributed by atoms with E-state index in [9.17, 15) is 0 Å². The smallest absolute Gasteiger partial charge is 0.107 e. The third-order valence-corrected chi connectivity index (χ3v) is 3.10. The van der Waals surface area contributed by atoms with Gasteiger partial charge in [0.2, 0.25) is 0 Å². The van der Waals surface area contributed by atoms with E-state index in [1.807, 2.05) is 23.7 Å². The number of nitrogens with zero attached hydrogens (tertiary/aromatic N) is 2. The average Bonchev–Trinajstić information content (AvgIpc) is 2.71. The summed E-state index contributed by atoms with van der Waals surface area (Å²) < 4.78 is 1.90. The topological polar surface area (TPSA) is 43.8 Å². The molecule has 0 bridgehead atoms. The van der Waals surface area contributed by atoms with Crippen molar-refractivity contribution in [2.24, 2.45) is 5.73 Å². The third kappa shape index (κ3) is 2.08. The Kier molecular flexibility index (Phi) is 3.24. The van der Waals surface area contributed by atoms with Gasteiger partial charge < -0.3 is 5.73 Å². The summed E-state index contributed by atoms with van der Waals surface area (Å²) in [5, 5.41) is 4.36. The molecule has 0 aliphatic heterocycles. The minimum atomic E-state index is 0.391. The standard InChI is InChI=1S/C13H15N3S/c1-3-10-6-4-5-7-12(10)16-9(2)11(8-15-16)13(14)17/h4-8H,3H2,1-2H3,(H2,14,17). The van der Waals surface area contributed by atoms with Gasteiger partial charge in [0.25, 0.3) is 0 Å². The second-order valence-corrected chi connectivity index (χ2v) is 4.34. The van der Waals surface area contributed by atoms with Gasteiger partial charge in [-0.3, -0.25) is 0 Å². The van der Waals surface area contributed by atoms with Crippen LogP contribution in [0.2, 0.25) is 0 Å². The molecule has 2 rings (SSSR count). The summed E-state index contributed by atoms with van der Waals surface area (Å²) in [7, 11) is 0. The van der Waals surface area contributed by atoms with Gasteiger partial charge in [-0.15, -0.1) is 0 Å². The molecule has 0 radical (unpaired) electrons. The number of aromatic nitrogens is 2. The first-order valence-electron chi connectivity index (χ1n) is 5.57. The van der Waals surface area contributed by atoms with E-state index >= 15 is 0 Å². The van der Waals surface area contributed by atoms with Crippen LogP contribution in [0.25, 0.3) is 5.69 Å². The van der Waals surface area contributed by atoms with Crippen molar-refractivity contribution < 1.29 is 0 Å². The van der Waals surface area contributed by atoms with Crippen LogP contribution in [0.15, 0.2) is 30.5 Å². The van der Waals surface area contributed by atoms with E-state index in [1.165, 1.54) is 5.56 Å². The van der Waals surface area contributed by atoms with E-state index in [-0.39, 0.29) is 0 Å². The Bertz CT molecular complexity index is 558. The van der Waals surface area contributed by atoms with E-state index in [0.717, 1.165) is 23.4 Å². The number of hydrogen-bond donors (Lipinski definition) is 1. The van der Waals surface area contributed by atoms with Gasteiger partial charge in [0.05, 0.1) is 23.1 Å². The molecule has 1 heterocycles. The lowest BCUT2D eigenvalue weighted by atomic mass is 10.1. The van der Waals surface area contributed by atoms with Gasteiger partial charge in [0.1, 0.15) is 4.99 Å². The molecule has 0 fully saturated rings. The van der Waals surface area contributed by atoms with Crippen molar-refractivity contribution in [2.45, 2.75) is 20.3 Å². The predicted octanol–water partition coefficient (Wildman–Crippen LogP) is 2.38. The Morgan fingerprint density at radius 2 is 2.12 bits per heavy atom. The van der Waals surface area contributed by atoms with Crippen LogP contribution < -0.4 is 5.73 Å². The first-order chi connectivity index (χ1) is 8.15. The molecule has 2 N–H and O–H groups in total. The summed E-state index contributed by atoms with van der Waals surface area (Å²) in [6.07, 6.45) is 2.70. The summed E-state index contributed by atoms with van der Waals surface area (Å²) in [5.74, 6) is 0. The van der Waals surface area contributed by atoms with Crippen molar-refractivity contribution in [3.8, 4) is 5.69 Å². The van der Waals surface area contributed by atoms with Crippen molar-refractivity contribution in [2.75, 3.05) is 0 Å². The first kappa shape index (κ1) is 11.8. The van der Waals surface area contributed by atoms with Crippen molar-refractivity contribution in [3.05, 3.63) is 47.3 Å². The Labute approximate surface area is 106 Å². The number of aryl methyl sites for hydroxylation is 1. The quantitative estimate of drug-likeness (QED) is 0.844. The highest BCUT2D eigenvalue weighted by atomic mass is 32.1. The fourth-order valence-corrected chi connectivity index (χ4v) is 2.11. The Morgan fingerprint density at radius 3 is 2.71 bits per heavy atom. The zero-order chi connectivity index (χ0) is 12.4. The molecule has 0 aliphatic carbocycles. The summed E-state index contributed by atoms with van der Waals surface area (Å²) in [6, 6.07) is 8.21. The maximum atomic E-state index is 5.65. The monoisotopic (exact) mass is 245 g/mol. The molecular formula is C13H15N3S. The van der Waals surface area contributed by atoms with Crippen LogP contribution in [0.4, 0.5) is 0 Å². The Hall–Kier alpha value is -1.68. The Balaban J connectivity index is 2.57. The van der Waals surface area contributed by atoms with Gasteiger partial charge in [-0.2, -0.15) is 5.10 Å². The summed E-state index contributed by atoms with van der Waals surface area (Å²) in [5.41, 5.74) is 9.83. The van der Waals surface area contributed by atoms with Gasteiger partial charge >= 0.3 is 0 Å². The normalized spacial score (nSPS) is 10.5. The highest BCUT2D eigenvalue weighted by Crippen LogP contribution is 2.18. The van der Waals surface area contributed by atoms with E-state index in [4.69, 9.17) is 18.0 Å². The summed E-state index contributed by atoms with van der Waals surface area (Å²) in [6.45, 7) is 4.11. The number of benzene rings is 1. The second kappa shape index (κ2) is 4.67. The molecule has 88 valence electrons. The molecule has 2 aromatic rings. The van der Waals surface area contributed by atoms with Crippen LogP contribution in [-0.4, -0.2) is 14.8 Å². The molecule has 3 nitrogen and oxygen atoms in total. The van der Waals surface area contributed by atoms with Crippen LogP contribution in [-0.2, 0) is 6.42 Å². The van der Waals surface area contributed by atoms with Gasteiger partial charge in [-0.1, -0.05) is 37.3 Å². The molecule has 0 aliphatic rings. The van der Waals surface area contributed by atoms with Gasteiger partial charge in [-0.05, 0) is 25.0 Å². The van der Waals surface area contributed by atoms with E-state index < -0.39 is 0 Å². The van der Waals surface area contributed by atoms with Crippen LogP contribution in [0.1, 0.15) is 23.7 Å². The lowest BCUT2D eigenvalue weighted by Crippen LogP contribution is -2.11. The molecule has 0 amide bonds. The zero-order valence-electron chi connectivity index (χ0n) is 9.97. The fraction of sp³-hybridized carbons (Fsp3) is 0.231. The molecule has 17 heavy (non-hydrogen) atoms. The third-order valence-electron chi connectivity index (χ3n) is 2.88. The molecule has 0 unspecified atom stereocenters. The molecule has 1 aromatic carbocycles. The molecule has 0 saturated carbocycles. The molecule has 0 atom stereocenters. The number of rotatable bonds is 3. The van der Waals surface area contributed by atoms with Crippen LogP contribution in [0, 0.1) is 6.92 Å². The van der Waals surface area contributed by atoms with Gasteiger partial charge in [0, 0.05) is 0 Å². The average molecular weight is 245 g/mol. The first-order valence-corrected chi connectivity index (χ1v) is 5.98. The van der Waals surface area contributed by atoms with Crippen LogP contribution in [0.3, 0.4) is 0 Å². The van der Waals surface area contributed by atoms with Crippen molar-refractivity contribution in [1.82, 2.24) is 9.78 Å². The van der Waals surface area contributed by atoms with Crippen LogP contribution >= 0.6 is 12.2 Å². The number of thiocarbonyl (C=S) groups is 1. The maximum Gasteiger partial charge on any atom is 0.107 e. The fourth-order valence-electron chi connectivity index (χ4n) is 1.91. The van der Waals surface area contributed by atoms with E-state index in [2.05, 4.69) is 24.2 Å². The largest absolute Gasteiger partial charge is 0.389 e. The highest BCUT2D eigenvalue weighted by molar-refractivity contribution is 7.80. The Morgan fingerprint density at radius 1 is 1.41 bits per heavy atom. The van der Waals surface area contributed by atoms with Gasteiger partial charge in [0.15, 0.2) is 0 Å². The molecule has 4 heteroatoms. The van der Waals surface area contributed by atoms with Gasteiger partial charge in [-0.25, -0.2) is 4.68 Å². The lowest BCUT2D eigenvalue weighted by Gasteiger charge is -2.09. The lowest BCUT2D eigenvalue weighted by molar-refractivity contribution is 0.832. The summed E-state index contributed by atoms with van der Waals surface area (Å²) >= 11 is 5.00.